The lowest BCUT2D eigenvalue weighted by molar-refractivity contribution is 0.298. The summed E-state index contributed by atoms with van der Waals surface area (Å²) in [7, 11) is 0. The van der Waals surface area contributed by atoms with Crippen molar-refractivity contribution in [1.82, 2.24) is 9.97 Å². The van der Waals surface area contributed by atoms with E-state index in [-0.39, 0.29) is 5.95 Å². The number of hydrogen-bond acceptors (Lipinski definition) is 5. The van der Waals surface area contributed by atoms with Crippen LogP contribution in [0.1, 0.15) is 5.56 Å². The third-order valence-electron chi connectivity index (χ3n) is 2.53. The van der Waals surface area contributed by atoms with Crippen LogP contribution in [0, 0.1) is 0 Å². The number of hydrogen-bond donors (Lipinski definition) is 1. The molecule has 18 heavy (non-hydrogen) atoms. The van der Waals surface area contributed by atoms with E-state index in [2.05, 4.69) is 9.97 Å². The molecule has 0 fully saturated rings. The zero-order valence-corrected chi connectivity index (χ0v) is 10.4. The number of aromatic nitrogens is 2. The largest absolute Gasteiger partial charge is 0.472 e. The molecule has 0 unspecified atom stereocenters. The molecule has 0 bridgehead atoms. The van der Waals surface area contributed by atoms with Crippen molar-refractivity contribution in [2.24, 2.45) is 0 Å². The molecule has 0 saturated heterocycles. The Morgan fingerprint density at radius 1 is 1.11 bits per heavy atom. The van der Waals surface area contributed by atoms with E-state index < -0.39 is 0 Å². The summed E-state index contributed by atoms with van der Waals surface area (Å²) in [5, 5.41) is 2.86. The van der Waals surface area contributed by atoms with Gasteiger partial charge in [-0.3, -0.25) is 0 Å². The lowest BCUT2D eigenvalue weighted by atomic mass is 10.2. The monoisotopic (exact) mass is 257 g/mol. The number of rotatable bonds is 3. The second-order valence-electron chi connectivity index (χ2n) is 3.80. The van der Waals surface area contributed by atoms with E-state index in [1.807, 2.05) is 41.8 Å². The minimum Gasteiger partial charge on any atom is -0.472 e. The maximum absolute atomic E-state index is 5.72. The molecule has 2 aromatic heterocycles. The lowest BCUT2D eigenvalue weighted by Gasteiger charge is -2.06. The molecule has 3 aromatic rings. The van der Waals surface area contributed by atoms with Crippen LogP contribution in [0.25, 0.3) is 10.2 Å². The molecule has 2 heterocycles. The van der Waals surface area contributed by atoms with Crippen LogP contribution in [0.4, 0.5) is 5.95 Å². The van der Waals surface area contributed by atoms with E-state index in [4.69, 9.17) is 10.5 Å². The molecule has 1 aromatic carbocycles. The van der Waals surface area contributed by atoms with Gasteiger partial charge in [-0.2, -0.15) is 4.98 Å². The van der Waals surface area contributed by atoms with Crippen molar-refractivity contribution in [3.05, 3.63) is 47.3 Å². The highest BCUT2D eigenvalue weighted by atomic mass is 32.1. The van der Waals surface area contributed by atoms with Gasteiger partial charge in [0.15, 0.2) is 0 Å². The summed E-state index contributed by atoms with van der Waals surface area (Å²) >= 11 is 1.53. The van der Waals surface area contributed by atoms with Crippen molar-refractivity contribution < 1.29 is 4.74 Å². The number of benzene rings is 1. The van der Waals surface area contributed by atoms with E-state index in [9.17, 15) is 0 Å². The summed E-state index contributed by atoms with van der Waals surface area (Å²) in [4.78, 5) is 9.15. The van der Waals surface area contributed by atoms with Crippen LogP contribution in [-0.2, 0) is 6.61 Å². The number of thiophene rings is 1. The van der Waals surface area contributed by atoms with Crippen molar-refractivity contribution >= 4 is 27.5 Å². The molecular formula is C13H11N3OS. The van der Waals surface area contributed by atoms with Gasteiger partial charge in [0.05, 0.1) is 5.39 Å². The average molecular weight is 257 g/mol. The highest BCUT2D eigenvalue weighted by Crippen LogP contribution is 2.27. The normalized spacial score (nSPS) is 10.7. The molecule has 3 rings (SSSR count). The molecule has 2 N–H and O–H groups in total. The van der Waals surface area contributed by atoms with Crippen LogP contribution in [-0.4, -0.2) is 9.97 Å². The minimum atomic E-state index is 0.244. The van der Waals surface area contributed by atoms with E-state index in [1.165, 1.54) is 11.3 Å². The van der Waals surface area contributed by atoms with Crippen LogP contribution in [0.5, 0.6) is 5.88 Å². The second-order valence-corrected chi connectivity index (χ2v) is 4.70. The quantitative estimate of drug-likeness (QED) is 0.783. The first kappa shape index (κ1) is 11.0. The number of fused-ring (bicyclic) bond motifs is 1. The Morgan fingerprint density at radius 2 is 1.94 bits per heavy atom. The smallest absolute Gasteiger partial charge is 0.227 e. The predicted molar refractivity (Wildman–Crippen MR) is 72.6 cm³/mol. The van der Waals surface area contributed by atoms with Gasteiger partial charge < -0.3 is 10.5 Å². The number of nitrogens with two attached hydrogens (primary N) is 1. The topological polar surface area (TPSA) is 61.0 Å². The van der Waals surface area contributed by atoms with E-state index in [0.29, 0.717) is 12.5 Å². The van der Waals surface area contributed by atoms with Gasteiger partial charge in [0, 0.05) is 0 Å². The second kappa shape index (κ2) is 4.62. The Bertz CT molecular complexity index is 666. The molecule has 0 amide bonds. The summed E-state index contributed by atoms with van der Waals surface area (Å²) in [6.07, 6.45) is 0. The Balaban J connectivity index is 1.88. The van der Waals surface area contributed by atoms with Gasteiger partial charge in [0.25, 0.3) is 0 Å². The van der Waals surface area contributed by atoms with Crippen molar-refractivity contribution in [3.8, 4) is 5.88 Å². The zero-order valence-electron chi connectivity index (χ0n) is 9.54. The highest BCUT2D eigenvalue weighted by molar-refractivity contribution is 7.16. The Labute approximate surface area is 108 Å². The summed E-state index contributed by atoms with van der Waals surface area (Å²) in [6.45, 7) is 0.474. The van der Waals surface area contributed by atoms with Gasteiger partial charge in [0.2, 0.25) is 11.8 Å². The molecule has 5 heteroatoms. The minimum absolute atomic E-state index is 0.244. The molecule has 0 radical (unpaired) electrons. The third-order valence-corrected chi connectivity index (χ3v) is 3.33. The zero-order chi connectivity index (χ0) is 12.4. The van der Waals surface area contributed by atoms with Gasteiger partial charge in [0.1, 0.15) is 11.4 Å². The summed E-state index contributed by atoms with van der Waals surface area (Å²) in [6, 6.07) is 11.9. The summed E-state index contributed by atoms with van der Waals surface area (Å²) in [5.74, 6) is 0.788. The van der Waals surface area contributed by atoms with Gasteiger partial charge in [-0.15, -0.1) is 11.3 Å². The number of nitrogen functional groups attached to an aromatic ring is 1. The van der Waals surface area contributed by atoms with Crippen LogP contribution in [0.15, 0.2) is 41.8 Å². The fourth-order valence-electron chi connectivity index (χ4n) is 1.68. The Morgan fingerprint density at radius 3 is 2.78 bits per heavy atom. The SMILES string of the molecule is Nc1nc(OCc2ccccc2)c2ccsc2n1. The number of nitrogens with zero attached hydrogens (tertiary/aromatic N) is 2. The van der Waals surface area contributed by atoms with Crippen LogP contribution in [0.3, 0.4) is 0 Å². The molecule has 0 atom stereocenters. The lowest BCUT2D eigenvalue weighted by Crippen LogP contribution is -2.01. The van der Waals surface area contributed by atoms with E-state index in [0.717, 1.165) is 15.8 Å². The number of anilines is 1. The maximum atomic E-state index is 5.72. The van der Waals surface area contributed by atoms with Gasteiger partial charge in [-0.1, -0.05) is 30.3 Å². The highest BCUT2D eigenvalue weighted by Gasteiger charge is 2.08. The van der Waals surface area contributed by atoms with Crippen molar-refractivity contribution in [3.63, 3.8) is 0 Å². The van der Waals surface area contributed by atoms with Gasteiger partial charge in [-0.25, -0.2) is 4.98 Å². The third kappa shape index (κ3) is 2.12. The number of ether oxygens (including phenoxy) is 1. The molecule has 0 aliphatic heterocycles. The molecule has 0 aliphatic carbocycles. The standard InChI is InChI=1S/C13H11N3OS/c14-13-15-11(10-6-7-18-12(10)16-13)17-8-9-4-2-1-3-5-9/h1-7H,8H2,(H2,14,15,16). The van der Waals surface area contributed by atoms with E-state index in [1.54, 1.807) is 0 Å². The fourth-order valence-corrected chi connectivity index (χ4v) is 2.44. The van der Waals surface area contributed by atoms with Crippen molar-refractivity contribution in [2.45, 2.75) is 6.61 Å². The fraction of sp³-hybridized carbons (Fsp3) is 0.0769. The molecular weight excluding hydrogens is 246 g/mol. The van der Waals surface area contributed by atoms with Crippen LogP contribution < -0.4 is 10.5 Å². The molecule has 90 valence electrons. The first-order valence-corrected chi connectivity index (χ1v) is 6.38. The van der Waals surface area contributed by atoms with Crippen LogP contribution in [0.2, 0.25) is 0 Å². The predicted octanol–water partition coefficient (Wildman–Crippen LogP) is 2.85. The van der Waals surface area contributed by atoms with Crippen molar-refractivity contribution in [2.75, 3.05) is 5.73 Å². The Kier molecular flexibility index (Phi) is 2.82. The van der Waals surface area contributed by atoms with Crippen molar-refractivity contribution in [1.29, 1.82) is 0 Å². The molecule has 0 aliphatic rings. The molecule has 0 spiro atoms. The average Bonchev–Trinajstić information content (AvgIpc) is 2.85. The first-order valence-electron chi connectivity index (χ1n) is 5.50. The Hall–Kier alpha value is -2.14. The first-order chi connectivity index (χ1) is 8.83. The van der Waals surface area contributed by atoms with E-state index >= 15 is 0 Å². The van der Waals surface area contributed by atoms with Gasteiger partial charge >= 0.3 is 0 Å². The summed E-state index contributed by atoms with van der Waals surface area (Å²) in [5.41, 5.74) is 6.75. The molecule has 0 saturated carbocycles. The van der Waals surface area contributed by atoms with Crippen LogP contribution >= 0.6 is 11.3 Å². The summed E-state index contributed by atoms with van der Waals surface area (Å²) < 4.78 is 5.72. The maximum Gasteiger partial charge on any atom is 0.227 e. The molecule has 4 nitrogen and oxygen atoms in total. The van der Waals surface area contributed by atoms with Gasteiger partial charge in [-0.05, 0) is 17.0 Å².